The summed E-state index contributed by atoms with van der Waals surface area (Å²) in [6, 6.07) is -8.67. The number of ether oxygens (including phenoxy) is 1. The Bertz CT molecular complexity index is 1370. The van der Waals surface area contributed by atoms with Gasteiger partial charge in [-0.1, -0.05) is 79.9 Å². The Morgan fingerprint density at radius 3 is 1.91 bits per heavy atom. The van der Waals surface area contributed by atoms with E-state index in [0.717, 1.165) is 32.1 Å². The minimum atomic E-state index is -1.71. The van der Waals surface area contributed by atoms with Gasteiger partial charge in [-0.05, 0) is 70.1 Å². The fourth-order valence-electron chi connectivity index (χ4n) is 6.33. The van der Waals surface area contributed by atoms with Gasteiger partial charge in [-0.25, -0.2) is 4.79 Å². The summed E-state index contributed by atoms with van der Waals surface area (Å²) in [6.07, 6.45) is 5.48. The van der Waals surface area contributed by atoms with E-state index < -0.39 is 103 Å². The molecule has 0 spiro atoms. The van der Waals surface area contributed by atoms with Crippen LogP contribution >= 0.6 is 0 Å². The number of hydrogen-bond acceptors (Lipinski definition) is 11. The summed E-state index contributed by atoms with van der Waals surface area (Å²) >= 11 is 0. The van der Waals surface area contributed by atoms with Crippen molar-refractivity contribution in [3.63, 3.8) is 0 Å². The minimum Gasteiger partial charge on any atom is -0.458 e. The van der Waals surface area contributed by atoms with E-state index in [1.54, 1.807) is 0 Å². The molecule has 58 heavy (non-hydrogen) atoms. The zero-order valence-corrected chi connectivity index (χ0v) is 36.0. The van der Waals surface area contributed by atoms with Crippen molar-refractivity contribution < 1.29 is 53.6 Å². The summed E-state index contributed by atoms with van der Waals surface area (Å²) in [4.78, 5) is 95.0. The summed E-state index contributed by atoms with van der Waals surface area (Å²) in [5, 5.41) is 46.2. The molecule has 1 heterocycles. The molecule has 0 saturated carbocycles. The van der Waals surface area contributed by atoms with Gasteiger partial charge in [0.1, 0.15) is 42.4 Å². The summed E-state index contributed by atoms with van der Waals surface area (Å²) in [7, 11) is 0. The molecule has 1 rings (SSSR count). The van der Waals surface area contributed by atoms with E-state index in [-0.39, 0.29) is 49.9 Å². The van der Waals surface area contributed by atoms with Gasteiger partial charge in [0.05, 0.1) is 25.2 Å². The largest absolute Gasteiger partial charge is 0.458 e. The van der Waals surface area contributed by atoms with Crippen molar-refractivity contribution in [2.24, 2.45) is 17.8 Å². The Kier molecular flexibility index (Phi) is 24.0. The molecule has 1 fully saturated rings. The fourth-order valence-corrected chi connectivity index (χ4v) is 6.33. The number of esters is 1. The third kappa shape index (κ3) is 19.6. The van der Waals surface area contributed by atoms with Gasteiger partial charge in [0.15, 0.2) is 0 Å². The first-order chi connectivity index (χ1) is 27.2. The number of nitrogens with one attached hydrogen (secondary N) is 6. The Labute approximate surface area is 344 Å². The van der Waals surface area contributed by atoms with Crippen molar-refractivity contribution in [3.8, 4) is 0 Å². The number of carbonyl (C=O) groups is 7. The molecule has 0 aromatic heterocycles. The second kappa shape index (κ2) is 26.8. The van der Waals surface area contributed by atoms with E-state index in [1.807, 2.05) is 53.7 Å². The third-order valence-electron chi connectivity index (χ3n) is 9.46. The number of unbranched alkanes of at least 4 members (excludes halogenated alkanes) is 4. The maximum Gasteiger partial charge on any atom is 0.328 e. The highest BCUT2D eigenvalue weighted by Gasteiger charge is 2.39. The lowest BCUT2D eigenvalue weighted by molar-refractivity contribution is -0.156. The number of cyclic esters (lactones) is 1. The van der Waals surface area contributed by atoms with Crippen LogP contribution in [0, 0.1) is 17.8 Å². The van der Waals surface area contributed by atoms with E-state index in [0.29, 0.717) is 0 Å². The van der Waals surface area contributed by atoms with E-state index in [2.05, 4.69) is 38.8 Å². The van der Waals surface area contributed by atoms with Crippen LogP contribution in [-0.4, -0.2) is 118 Å². The molecule has 17 nitrogen and oxygen atoms in total. The average Bonchev–Trinajstić information content (AvgIpc) is 3.12. The Hall–Kier alpha value is -4.09. The van der Waals surface area contributed by atoms with Crippen molar-refractivity contribution in [3.05, 3.63) is 12.2 Å². The Morgan fingerprint density at radius 2 is 1.34 bits per heavy atom. The maximum atomic E-state index is 13.9. The first kappa shape index (κ1) is 51.9. The van der Waals surface area contributed by atoms with Gasteiger partial charge in [-0.2, -0.15) is 0 Å². The molecule has 9 atom stereocenters. The number of carbonyl (C=O) groups excluding carboxylic acids is 7. The van der Waals surface area contributed by atoms with Crippen molar-refractivity contribution in [1.82, 2.24) is 31.9 Å². The number of aliphatic hydroxyl groups excluding tert-OH is 3. The van der Waals surface area contributed by atoms with Crippen LogP contribution in [0.25, 0.3) is 0 Å². The highest BCUT2D eigenvalue weighted by Crippen LogP contribution is 2.14. The standard InChI is InChI=1S/C41H72N6O11/c1-10-11-12-13-14-15-16-17-28(50)21-33(51)42-29(18-23(2)3)37(53)47-35-27(9)58-41(57)31(20-25(6)7)44-36(52)30(19-24(4)5)43-39(55)34(26(8)49)46-38(54)32(22-48)45-40(35)56/h15-16,23-32,34-35,48-50H,10-14,17-22H2,1-9H3,(H,42,51)(H,43,55)(H,44,52)(H,45,56)(H,46,54)(H,47,53). The summed E-state index contributed by atoms with van der Waals surface area (Å²) < 4.78 is 5.71. The molecule has 9 N–H and O–H groups in total. The highest BCUT2D eigenvalue weighted by molar-refractivity contribution is 5.97. The fraction of sp³-hybridized carbons (Fsp3) is 0.780. The lowest BCUT2D eigenvalue weighted by atomic mass is 9.99. The number of allylic oxidation sites excluding steroid dienone is 1. The van der Waals surface area contributed by atoms with Crippen LogP contribution in [0.2, 0.25) is 0 Å². The number of rotatable bonds is 20. The summed E-state index contributed by atoms with van der Waals surface area (Å²) in [6.45, 7) is 14.6. The molecular formula is C41H72N6O11. The molecule has 332 valence electrons. The van der Waals surface area contributed by atoms with Gasteiger partial charge in [-0.15, -0.1) is 0 Å². The monoisotopic (exact) mass is 825 g/mol. The highest BCUT2D eigenvalue weighted by atomic mass is 16.5. The van der Waals surface area contributed by atoms with Gasteiger partial charge >= 0.3 is 5.97 Å². The minimum absolute atomic E-state index is 0.102. The number of hydrogen-bond donors (Lipinski definition) is 9. The van der Waals surface area contributed by atoms with Gasteiger partial charge in [0.2, 0.25) is 35.4 Å². The van der Waals surface area contributed by atoms with Gasteiger partial charge in [0.25, 0.3) is 0 Å². The average molecular weight is 825 g/mol. The number of amides is 6. The van der Waals surface area contributed by atoms with Gasteiger partial charge in [-0.3, -0.25) is 28.8 Å². The maximum absolute atomic E-state index is 13.9. The molecule has 0 aliphatic carbocycles. The second-order valence-corrected chi connectivity index (χ2v) is 16.6. The van der Waals surface area contributed by atoms with Crippen molar-refractivity contribution >= 4 is 41.4 Å². The van der Waals surface area contributed by atoms with Crippen LogP contribution in [0.3, 0.4) is 0 Å². The smallest absolute Gasteiger partial charge is 0.328 e. The van der Waals surface area contributed by atoms with Crippen LogP contribution in [0.15, 0.2) is 12.2 Å². The first-order valence-electron chi connectivity index (χ1n) is 20.8. The zero-order valence-electron chi connectivity index (χ0n) is 36.0. The van der Waals surface area contributed by atoms with Crippen LogP contribution < -0.4 is 31.9 Å². The molecule has 0 aromatic carbocycles. The molecule has 6 amide bonds. The first-order valence-corrected chi connectivity index (χ1v) is 20.8. The van der Waals surface area contributed by atoms with Gasteiger partial charge < -0.3 is 52.0 Å². The van der Waals surface area contributed by atoms with Crippen molar-refractivity contribution in [1.29, 1.82) is 0 Å². The summed E-state index contributed by atoms with van der Waals surface area (Å²) in [5.74, 6) is -6.57. The quantitative estimate of drug-likeness (QED) is 0.0476. The molecule has 9 unspecified atom stereocenters. The molecule has 0 bridgehead atoms. The van der Waals surface area contributed by atoms with Crippen LogP contribution in [0.4, 0.5) is 0 Å². The van der Waals surface area contributed by atoms with Gasteiger partial charge in [0, 0.05) is 0 Å². The second-order valence-electron chi connectivity index (χ2n) is 16.6. The lowest BCUT2D eigenvalue weighted by Gasteiger charge is -2.31. The Balaban J connectivity index is 3.50. The van der Waals surface area contributed by atoms with Crippen LogP contribution in [-0.2, 0) is 38.3 Å². The van der Waals surface area contributed by atoms with Crippen molar-refractivity contribution in [2.45, 2.75) is 181 Å². The predicted octanol–water partition coefficient (Wildman–Crippen LogP) is 1.02. The van der Waals surface area contributed by atoms with Crippen LogP contribution in [0.1, 0.15) is 127 Å². The Morgan fingerprint density at radius 1 is 0.759 bits per heavy atom. The molecular weight excluding hydrogens is 752 g/mol. The normalized spacial score (nSPS) is 24.4. The third-order valence-corrected chi connectivity index (χ3v) is 9.46. The topological polar surface area (TPSA) is 262 Å². The molecule has 17 heteroatoms. The van der Waals surface area contributed by atoms with E-state index >= 15 is 0 Å². The molecule has 1 saturated heterocycles. The van der Waals surface area contributed by atoms with E-state index in [4.69, 9.17) is 4.74 Å². The molecule has 0 aromatic rings. The zero-order chi connectivity index (χ0) is 44.1. The lowest BCUT2D eigenvalue weighted by Crippen LogP contribution is -2.64. The van der Waals surface area contributed by atoms with E-state index in [9.17, 15) is 48.9 Å². The predicted molar refractivity (Wildman–Crippen MR) is 217 cm³/mol. The SMILES string of the molecule is CCCCCCC=CCC(O)CC(=O)NC(CC(C)C)C(=O)NC1C(=O)NC(CO)C(=O)NC(C(C)O)C(=O)NC(CC(C)C)C(=O)NC(CC(C)C)C(=O)OC1C. The van der Waals surface area contributed by atoms with Crippen molar-refractivity contribution in [2.75, 3.05) is 6.61 Å². The molecule has 0 radical (unpaired) electrons. The molecule has 1 aliphatic heterocycles. The molecule has 1 aliphatic rings. The van der Waals surface area contributed by atoms with E-state index in [1.165, 1.54) is 13.8 Å². The number of aliphatic hydroxyl groups is 3. The van der Waals surface area contributed by atoms with Crippen LogP contribution in [0.5, 0.6) is 0 Å². The summed E-state index contributed by atoms with van der Waals surface area (Å²) in [5.41, 5.74) is 0.